The maximum absolute atomic E-state index is 6.66. The van der Waals surface area contributed by atoms with Crippen LogP contribution in [-0.2, 0) is 11.3 Å². The van der Waals surface area contributed by atoms with Gasteiger partial charge in [0.15, 0.2) is 0 Å². The van der Waals surface area contributed by atoms with E-state index in [1.165, 1.54) is 16.8 Å². The molecule has 3 heteroatoms. The molecule has 3 rings (SSSR count). The smallest absolute Gasteiger partial charge is 0.144 e. The van der Waals surface area contributed by atoms with E-state index in [1.54, 1.807) is 0 Å². The summed E-state index contributed by atoms with van der Waals surface area (Å²) in [7, 11) is 0. The van der Waals surface area contributed by atoms with Crippen LogP contribution in [0.5, 0.6) is 0 Å². The molecular formula is C23H30N2O. The zero-order chi connectivity index (χ0) is 18.2. The highest BCUT2D eigenvalue weighted by Crippen LogP contribution is 2.33. The number of benzene rings is 2. The fourth-order valence-corrected chi connectivity index (χ4v) is 3.49. The first-order valence-electron chi connectivity index (χ1n) is 9.54. The van der Waals surface area contributed by atoms with E-state index in [4.69, 9.17) is 4.74 Å². The van der Waals surface area contributed by atoms with Crippen LogP contribution < -0.4 is 10.2 Å². The molecule has 0 aromatic heterocycles. The van der Waals surface area contributed by atoms with E-state index in [0.717, 1.165) is 32.5 Å². The van der Waals surface area contributed by atoms with Crippen molar-refractivity contribution >= 4 is 5.69 Å². The lowest BCUT2D eigenvalue weighted by Gasteiger charge is -2.47. The van der Waals surface area contributed by atoms with Gasteiger partial charge in [0, 0.05) is 25.1 Å². The minimum atomic E-state index is -0.283. The van der Waals surface area contributed by atoms with Gasteiger partial charge in [0.1, 0.15) is 5.72 Å². The van der Waals surface area contributed by atoms with Crippen molar-refractivity contribution in [2.24, 2.45) is 0 Å². The van der Waals surface area contributed by atoms with Crippen LogP contribution in [0.2, 0.25) is 0 Å². The average Bonchev–Trinajstić information content (AvgIpc) is 2.69. The van der Waals surface area contributed by atoms with Gasteiger partial charge in [0.2, 0.25) is 0 Å². The molecule has 1 aliphatic rings. The Morgan fingerprint density at radius 3 is 2.23 bits per heavy atom. The van der Waals surface area contributed by atoms with Crippen molar-refractivity contribution in [3.05, 3.63) is 77.9 Å². The molecule has 1 heterocycles. The van der Waals surface area contributed by atoms with Gasteiger partial charge < -0.3 is 15.0 Å². The monoisotopic (exact) mass is 350 g/mol. The summed E-state index contributed by atoms with van der Waals surface area (Å²) in [6, 6.07) is 21.1. The standard InChI is InChI=1S/C23H30N2O/c1-20(2)13-18-25(22-11-7-4-8-12-22)23(14-16-24-17-15-23)26-19-21-9-5-3-6-10-21/h3-13,24H,14-19H2,1-2H3. The third-order valence-corrected chi connectivity index (χ3v) is 4.98. The highest BCUT2D eigenvalue weighted by molar-refractivity contribution is 5.49. The molecular weight excluding hydrogens is 320 g/mol. The zero-order valence-corrected chi connectivity index (χ0v) is 15.9. The molecule has 1 aliphatic heterocycles. The van der Waals surface area contributed by atoms with E-state index in [-0.39, 0.29) is 5.72 Å². The van der Waals surface area contributed by atoms with Crippen LogP contribution in [0.15, 0.2) is 72.3 Å². The third kappa shape index (κ3) is 4.75. The van der Waals surface area contributed by atoms with Crippen LogP contribution >= 0.6 is 0 Å². The lowest BCUT2D eigenvalue weighted by atomic mass is 9.97. The van der Waals surface area contributed by atoms with Crippen LogP contribution in [0.25, 0.3) is 0 Å². The topological polar surface area (TPSA) is 24.5 Å². The van der Waals surface area contributed by atoms with Crippen molar-refractivity contribution in [2.75, 3.05) is 24.5 Å². The number of nitrogens with zero attached hydrogens (tertiary/aromatic N) is 1. The largest absolute Gasteiger partial charge is 0.351 e. The number of allylic oxidation sites excluding steroid dienone is 1. The molecule has 1 N–H and O–H groups in total. The predicted molar refractivity (Wildman–Crippen MR) is 109 cm³/mol. The molecule has 0 atom stereocenters. The summed E-state index contributed by atoms with van der Waals surface area (Å²) in [5, 5.41) is 3.49. The van der Waals surface area contributed by atoms with E-state index in [2.05, 4.69) is 90.8 Å². The van der Waals surface area contributed by atoms with Crippen molar-refractivity contribution in [3.8, 4) is 0 Å². The summed E-state index contributed by atoms with van der Waals surface area (Å²) in [6.45, 7) is 7.77. The number of hydrogen-bond acceptors (Lipinski definition) is 3. The molecule has 0 spiro atoms. The molecule has 3 nitrogen and oxygen atoms in total. The number of ether oxygens (including phenoxy) is 1. The average molecular weight is 351 g/mol. The van der Waals surface area contributed by atoms with Gasteiger partial charge in [-0.3, -0.25) is 0 Å². The SMILES string of the molecule is CC(C)=CCN(c1ccccc1)C1(OCc2ccccc2)CCNCC1. The third-order valence-electron chi connectivity index (χ3n) is 4.98. The number of rotatable bonds is 7. The number of piperidine rings is 1. The Hall–Kier alpha value is -2.10. The van der Waals surface area contributed by atoms with Crippen LogP contribution in [0.1, 0.15) is 32.3 Å². The molecule has 1 saturated heterocycles. The van der Waals surface area contributed by atoms with E-state index < -0.39 is 0 Å². The van der Waals surface area contributed by atoms with Gasteiger partial charge in [-0.15, -0.1) is 0 Å². The molecule has 0 saturated carbocycles. The maximum atomic E-state index is 6.66. The van der Waals surface area contributed by atoms with Crippen LogP contribution in [0, 0.1) is 0 Å². The van der Waals surface area contributed by atoms with Gasteiger partial charge in [0.25, 0.3) is 0 Å². The second-order valence-electron chi connectivity index (χ2n) is 7.20. The van der Waals surface area contributed by atoms with Gasteiger partial charge >= 0.3 is 0 Å². The molecule has 0 bridgehead atoms. The predicted octanol–water partition coefficient (Wildman–Crippen LogP) is 4.76. The molecule has 138 valence electrons. The van der Waals surface area contributed by atoms with Crippen molar-refractivity contribution < 1.29 is 4.74 Å². The van der Waals surface area contributed by atoms with Crippen molar-refractivity contribution in [3.63, 3.8) is 0 Å². The summed E-state index contributed by atoms with van der Waals surface area (Å²) in [5.41, 5.74) is 3.49. The van der Waals surface area contributed by atoms with Gasteiger partial charge in [-0.2, -0.15) is 0 Å². The highest BCUT2D eigenvalue weighted by Gasteiger charge is 2.39. The van der Waals surface area contributed by atoms with Crippen LogP contribution in [0.4, 0.5) is 5.69 Å². The summed E-state index contributed by atoms with van der Waals surface area (Å²) < 4.78 is 6.66. The minimum absolute atomic E-state index is 0.283. The van der Waals surface area contributed by atoms with Gasteiger partial charge in [-0.25, -0.2) is 0 Å². The van der Waals surface area contributed by atoms with Crippen molar-refractivity contribution in [2.45, 2.75) is 39.0 Å². The van der Waals surface area contributed by atoms with E-state index >= 15 is 0 Å². The Labute approximate surface area is 157 Å². The van der Waals surface area contributed by atoms with Gasteiger partial charge in [-0.05, 0) is 44.6 Å². The Kier molecular flexibility index (Phi) is 6.48. The summed E-state index contributed by atoms with van der Waals surface area (Å²) in [5.74, 6) is 0. The Balaban J connectivity index is 1.89. The molecule has 0 amide bonds. The first-order valence-corrected chi connectivity index (χ1v) is 9.54. The zero-order valence-electron chi connectivity index (χ0n) is 15.9. The second kappa shape index (κ2) is 9.02. The highest BCUT2D eigenvalue weighted by atomic mass is 16.5. The number of hydrogen-bond donors (Lipinski definition) is 1. The normalized spacial score (nSPS) is 16.1. The Bertz CT molecular complexity index is 687. The lowest BCUT2D eigenvalue weighted by molar-refractivity contribution is -0.0763. The van der Waals surface area contributed by atoms with Gasteiger partial charge in [-0.1, -0.05) is 60.2 Å². The Morgan fingerprint density at radius 1 is 1.00 bits per heavy atom. The number of anilines is 1. The lowest BCUT2D eigenvalue weighted by Crippen LogP contribution is -2.56. The van der Waals surface area contributed by atoms with Crippen LogP contribution in [-0.4, -0.2) is 25.4 Å². The molecule has 0 radical (unpaired) electrons. The van der Waals surface area contributed by atoms with Crippen molar-refractivity contribution in [1.82, 2.24) is 5.32 Å². The minimum Gasteiger partial charge on any atom is -0.351 e. The van der Waals surface area contributed by atoms with E-state index in [9.17, 15) is 0 Å². The second-order valence-corrected chi connectivity index (χ2v) is 7.20. The Morgan fingerprint density at radius 2 is 1.62 bits per heavy atom. The summed E-state index contributed by atoms with van der Waals surface area (Å²) >= 11 is 0. The van der Waals surface area contributed by atoms with Crippen LogP contribution in [0.3, 0.4) is 0 Å². The van der Waals surface area contributed by atoms with Crippen molar-refractivity contribution in [1.29, 1.82) is 0 Å². The fourth-order valence-electron chi connectivity index (χ4n) is 3.49. The molecule has 0 unspecified atom stereocenters. The fraction of sp³-hybridized carbons (Fsp3) is 0.391. The van der Waals surface area contributed by atoms with E-state index in [1.807, 2.05) is 0 Å². The first kappa shape index (κ1) is 18.7. The number of nitrogens with one attached hydrogen (secondary N) is 1. The molecule has 26 heavy (non-hydrogen) atoms. The van der Waals surface area contributed by atoms with Gasteiger partial charge in [0.05, 0.1) is 6.61 Å². The summed E-state index contributed by atoms with van der Waals surface area (Å²) in [4.78, 5) is 2.45. The van der Waals surface area contributed by atoms with E-state index in [0.29, 0.717) is 6.61 Å². The molecule has 1 fully saturated rings. The maximum Gasteiger partial charge on any atom is 0.144 e. The molecule has 0 aliphatic carbocycles. The molecule has 2 aromatic rings. The first-order chi connectivity index (χ1) is 12.7. The molecule has 2 aromatic carbocycles. The number of para-hydroxylation sites is 1. The quantitative estimate of drug-likeness (QED) is 0.576. The summed E-state index contributed by atoms with van der Waals surface area (Å²) in [6.07, 6.45) is 4.25.